The van der Waals surface area contributed by atoms with Gasteiger partial charge in [0.2, 0.25) is 5.91 Å². The summed E-state index contributed by atoms with van der Waals surface area (Å²) in [6.07, 6.45) is 1.73. The zero-order valence-corrected chi connectivity index (χ0v) is 18.5. The number of carboxylic acids is 1. The summed E-state index contributed by atoms with van der Waals surface area (Å²) in [5, 5.41) is 27.6. The first-order chi connectivity index (χ1) is 13.2. The fraction of sp³-hybridized carbons (Fsp3) is 0.895. The molecule has 0 fully saturated rings. The van der Waals surface area contributed by atoms with Crippen molar-refractivity contribution in [2.45, 2.75) is 71.1 Å². The number of hydrogen-bond donors (Lipinski definition) is 7. The van der Waals surface area contributed by atoms with Gasteiger partial charge in [0, 0.05) is 44.0 Å². The second-order valence-electron chi connectivity index (χ2n) is 7.53. The number of hydrogen-bond acceptors (Lipinski definition) is 7. The molecule has 0 heterocycles. The highest BCUT2D eigenvalue weighted by atomic mass is 32.1. The molecular formula is C19H40N4O4S. The third-order valence-corrected chi connectivity index (χ3v) is 5.76. The first-order valence-corrected chi connectivity index (χ1v) is 10.8. The minimum Gasteiger partial charge on any atom is -0.480 e. The lowest BCUT2D eigenvalue weighted by Crippen LogP contribution is -2.56. The minimum atomic E-state index is -1.15. The molecule has 0 bridgehead atoms. The summed E-state index contributed by atoms with van der Waals surface area (Å²) < 4.78 is 0. The smallest absolute Gasteiger partial charge is 0.326 e. The monoisotopic (exact) mass is 420 g/mol. The summed E-state index contributed by atoms with van der Waals surface area (Å²) in [6.45, 7) is 9.11. The number of carbonyl (C=O) groups is 2. The van der Waals surface area contributed by atoms with Gasteiger partial charge in [-0.3, -0.25) is 4.79 Å². The first-order valence-electron chi connectivity index (χ1n) is 10.2. The normalized spacial score (nSPS) is 18.0. The summed E-state index contributed by atoms with van der Waals surface area (Å²) in [6, 6.07) is -1.53. The van der Waals surface area contributed by atoms with E-state index in [1.807, 2.05) is 13.8 Å². The Bertz CT molecular complexity index is 456. The zero-order chi connectivity index (χ0) is 21.7. The van der Waals surface area contributed by atoms with Gasteiger partial charge in [0.05, 0.1) is 6.04 Å². The highest BCUT2D eigenvalue weighted by Gasteiger charge is 2.29. The lowest BCUT2D eigenvalue weighted by Gasteiger charge is -2.30. The van der Waals surface area contributed by atoms with Crippen molar-refractivity contribution in [2.24, 2.45) is 17.6 Å². The van der Waals surface area contributed by atoms with Crippen LogP contribution < -0.4 is 21.7 Å². The molecule has 1 amide bonds. The Morgan fingerprint density at radius 3 is 2.14 bits per heavy atom. The number of aliphatic hydroxyl groups is 1. The van der Waals surface area contributed by atoms with E-state index in [1.165, 1.54) is 0 Å². The standard InChI is InChI=1S/C19H40N4O4S/c1-5-12(3)16(21-9-14(20)11-28)10-22-17(13(4)6-2)18(25)23-15(7-8-24)19(26)27/h12-17,21-22,24,28H,5-11,20H2,1-4H3,(H,23,25)(H,26,27)/t12?,13?,14-,15+,16-,17+/m1/s1. The second-order valence-corrected chi connectivity index (χ2v) is 7.89. The Labute approximate surface area is 174 Å². The van der Waals surface area contributed by atoms with Crippen LogP contribution in [0.2, 0.25) is 0 Å². The van der Waals surface area contributed by atoms with E-state index in [-0.39, 0.29) is 36.9 Å². The molecule has 0 rings (SSSR count). The maximum absolute atomic E-state index is 12.7. The molecule has 6 atom stereocenters. The average molecular weight is 421 g/mol. The van der Waals surface area contributed by atoms with Crippen LogP contribution in [0.5, 0.6) is 0 Å². The van der Waals surface area contributed by atoms with Crippen LogP contribution in [-0.4, -0.2) is 71.7 Å². The maximum atomic E-state index is 12.7. The van der Waals surface area contributed by atoms with Gasteiger partial charge in [-0.25, -0.2) is 4.79 Å². The lowest BCUT2D eigenvalue weighted by molar-refractivity contribution is -0.142. The molecule has 2 unspecified atom stereocenters. The van der Waals surface area contributed by atoms with Gasteiger partial charge in [0.15, 0.2) is 0 Å². The maximum Gasteiger partial charge on any atom is 0.326 e. The number of nitrogens with one attached hydrogen (secondary N) is 3. The molecule has 0 aliphatic carbocycles. The third kappa shape index (κ3) is 10.1. The van der Waals surface area contributed by atoms with Crippen molar-refractivity contribution in [2.75, 3.05) is 25.4 Å². The molecule has 28 heavy (non-hydrogen) atoms. The molecular weight excluding hydrogens is 380 g/mol. The summed E-state index contributed by atoms with van der Waals surface area (Å²) in [5.41, 5.74) is 5.95. The van der Waals surface area contributed by atoms with Gasteiger partial charge in [-0.15, -0.1) is 0 Å². The van der Waals surface area contributed by atoms with E-state index in [0.717, 1.165) is 12.8 Å². The van der Waals surface area contributed by atoms with E-state index in [0.29, 0.717) is 24.8 Å². The second kappa shape index (κ2) is 15.0. The van der Waals surface area contributed by atoms with Gasteiger partial charge in [0.25, 0.3) is 0 Å². The fourth-order valence-electron chi connectivity index (χ4n) is 2.82. The zero-order valence-electron chi connectivity index (χ0n) is 17.6. The van der Waals surface area contributed by atoms with Gasteiger partial charge in [-0.2, -0.15) is 12.6 Å². The Kier molecular flexibility index (Phi) is 14.6. The summed E-state index contributed by atoms with van der Waals surface area (Å²) >= 11 is 4.21. The molecule has 9 heteroatoms. The van der Waals surface area contributed by atoms with E-state index in [4.69, 9.17) is 10.8 Å². The SMILES string of the molecule is CCC(C)[C@H](NC[C@@H](NC[C@@H](N)CS)C(C)CC)C(=O)N[C@@H](CCO)C(=O)O. The van der Waals surface area contributed by atoms with Gasteiger partial charge in [0.1, 0.15) is 6.04 Å². The van der Waals surface area contributed by atoms with E-state index in [2.05, 4.69) is 42.4 Å². The van der Waals surface area contributed by atoms with E-state index < -0.39 is 18.1 Å². The summed E-state index contributed by atoms with van der Waals surface area (Å²) in [4.78, 5) is 24.0. The summed E-state index contributed by atoms with van der Waals surface area (Å²) in [7, 11) is 0. The Morgan fingerprint density at radius 1 is 1.07 bits per heavy atom. The number of rotatable bonds is 16. The van der Waals surface area contributed by atoms with Crippen LogP contribution in [0.3, 0.4) is 0 Å². The van der Waals surface area contributed by atoms with Crippen LogP contribution in [-0.2, 0) is 9.59 Å². The topological polar surface area (TPSA) is 137 Å². The van der Waals surface area contributed by atoms with Gasteiger partial charge in [-0.1, -0.05) is 40.5 Å². The van der Waals surface area contributed by atoms with E-state index >= 15 is 0 Å². The molecule has 8 nitrogen and oxygen atoms in total. The average Bonchev–Trinajstić information content (AvgIpc) is 2.68. The summed E-state index contributed by atoms with van der Waals surface area (Å²) in [5.74, 6) is -0.509. The molecule has 166 valence electrons. The van der Waals surface area contributed by atoms with Crippen molar-refractivity contribution in [3.05, 3.63) is 0 Å². The molecule has 0 aliphatic heterocycles. The molecule has 0 aliphatic rings. The quantitative estimate of drug-likeness (QED) is 0.177. The highest BCUT2D eigenvalue weighted by Crippen LogP contribution is 2.12. The molecule has 0 saturated heterocycles. The number of nitrogens with two attached hydrogens (primary N) is 1. The number of aliphatic hydroxyl groups excluding tert-OH is 1. The molecule has 0 aromatic heterocycles. The Balaban J connectivity index is 5.07. The van der Waals surface area contributed by atoms with Gasteiger partial charge < -0.3 is 31.9 Å². The predicted molar refractivity (Wildman–Crippen MR) is 116 cm³/mol. The van der Waals surface area contributed by atoms with Crippen molar-refractivity contribution in [3.63, 3.8) is 0 Å². The Hall–Kier alpha value is -0.870. The van der Waals surface area contributed by atoms with Crippen molar-refractivity contribution < 1.29 is 19.8 Å². The van der Waals surface area contributed by atoms with Crippen LogP contribution in [0.25, 0.3) is 0 Å². The number of thiol groups is 1. The van der Waals surface area contributed by atoms with Crippen molar-refractivity contribution in [1.82, 2.24) is 16.0 Å². The van der Waals surface area contributed by atoms with E-state index in [9.17, 15) is 14.7 Å². The molecule has 7 N–H and O–H groups in total. The molecule has 0 aromatic carbocycles. The third-order valence-electron chi connectivity index (χ3n) is 5.29. The first kappa shape index (κ1) is 27.1. The molecule has 0 saturated carbocycles. The number of aliphatic carboxylic acids is 1. The van der Waals surface area contributed by atoms with Crippen molar-refractivity contribution >= 4 is 24.5 Å². The largest absolute Gasteiger partial charge is 0.480 e. The Morgan fingerprint density at radius 2 is 1.68 bits per heavy atom. The van der Waals surface area contributed by atoms with Gasteiger partial charge in [-0.05, 0) is 11.8 Å². The van der Waals surface area contributed by atoms with Crippen LogP contribution in [0.1, 0.15) is 47.0 Å². The van der Waals surface area contributed by atoms with E-state index in [1.54, 1.807) is 0 Å². The number of amides is 1. The molecule has 0 spiro atoms. The molecule has 0 radical (unpaired) electrons. The number of carboxylic acid groups (broad SMARTS) is 1. The fourth-order valence-corrected chi connectivity index (χ4v) is 2.95. The van der Waals surface area contributed by atoms with Crippen LogP contribution >= 0.6 is 12.6 Å². The lowest BCUT2D eigenvalue weighted by atomic mass is 9.95. The van der Waals surface area contributed by atoms with Crippen LogP contribution in [0.15, 0.2) is 0 Å². The molecule has 0 aromatic rings. The van der Waals surface area contributed by atoms with Crippen molar-refractivity contribution in [3.8, 4) is 0 Å². The highest BCUT2D eigenvalue weighted by molar-refractivity contribution is 7.80. The van der Waals surface area contributed by atoms with Crippen LogP contribution in [0, 0.1) is 11.8 Å². The minimum absolute atomic E-state index is 0.0209. The van der Waals surface area contributed by atoms with Crippen molar-refractivity contribution in [1.29, 1.82) is 0 Å². The predicted octanol–water partition coefficient (Wildman–Crippen LogP) is 0.204. The van der Waals surface area contributed by atoms with Crippen LogP contribution in [0.4, 0.5) is 0 Å². The number of carbonyl (C=O) groups excluding carboxylic acids is 1. The van der Waals surface area contributed by atoms with Gasteiger partial charge >= 0.3 is 5.97 Å².